The Labute approximate surface area is 204 Å². The standard InChI is InChI=1S/C26H17Cl2N5O/c1-15-29-24-22(26(34)32(15)14-16-7-2-3-10-19(16)28)23-25(31-21-12-5-4-11-20(21)30-23)33(24)18-9-6-8-17(27)13-18/h2-13H,14H2,1H3. The van der Waals surface area contributed by atoms with Crippen LogP contribution in [0.4, 0.5) is 0 Å². The average Bonchev–Trinajstić information content (AvgIpc) is 3.14. The molecule has 6 aromatic rings. The molecule has 0 bridgehead atoms. The van der Waals surface area contributed by atoms with Crippen LogP contribution in [0.1, 0.15) is 11.4 Å². The first-order valence-corrected chi connectivity index (χ1v) is 11.4. The van der Waals surface area contributed by atoms with E-state index < -0.39 is 0 Å². The first-order valence-electron chi connectivity index (χ1n) is 10.7. The maximum atomic E-state index is 13.9. The molecule has 0 saturated carbocycles. The van der Waals surface area contributed by atoms with E-state index in [1.165, 1.54) is 0 Å². The first-order chi connectivity index (χ1) is 16.5. The number of para-hydroxylation sites is 2. The molecule has 0 saturated heterocycles. The lowest BCUT2D eigenvalue weighted by molar-refractivity contribution is 0.711. The van der Waals surface area contributed by atoms with Crippen LogP contribution in [0, 0.1) is 6.92 Å². The molecule has 3 aromatic heterocycles. The smallest absolute Gasteiger partial charge is 0.265 e. The molecule has 3 heterocycles. The fourth-order valence-electron chi connectivity index (χ4n) is 4.27. The number of rotatable bonds is 3. The molecule has 0 amide bonds. The Balaban J connectivity index is 1.74. The van der Waals surface area contributed by atoms with Crippen molar-refractivity contribution in [3.8, 4) is 5.69 Å². The quantitative estimate of drug-likeness (QED) is 0.310. The fourth-order valence-corrected chi connectivity index (χ4v) is 4.65. The van der Waals surface area contributed by atoms with Crippen molar-refractivity contribution < 1.29 is 0 Å². The summed E-state index contributed by atoms with van der Waals surface area (Å²) in [7, 11) is 0. The largest absolute Gasteiger partial charge is 0.292 e. The van der Waals surface area contributed by atoms with Gasteiger partial charge in [0.25, 0.3) is 5.56 Å². The summed E-state index contributed by atoms with van der Waals surface area (Å²) in [6, 6.07) is 22.5. The van der Waals surface area contributed by atoms with Gasteiger partial charge in [-0.3, -0.25) is 13.9 Å². The molecule has 0 unspecified atom stereocenters. The van der Waals surface area contributed by atoms with E-state index in [0.717, 1.165) is 16.8 Å². The lowest BCUT2D eigenvalue weighted by Crippen LogP contribution is -2.24. The summed E-state index contributed by atoms with van der Waals surface area (Å²) < 4.78 is 3.48. The third kappa shape index (κ3) is 3.26. The highest BCUT2D eigenvalue weighted by Crippen LogP contribution is 2.30. The van der Waals surface area contributed by atoms with Gasteiger partial charge in [-0.25, -0.2) is 15.0 Å². The van der Waals surface area contributed by atoms with Gasteiger partial charge in [-0.05, 0) is 48.9 Å². The van der Waals surface area contributed by atoms with Gasteiger partial charge in [-0.15, -0.1) is 0 Å². The zero-order valence-electron chi connectivity index (χ0n) is 18.0. The molecule has 0 radical (unpaired) electrons. The second kappa shape index (κ2) is 7.94. The predicted molar refractivity (Wildman–Crippen MR) is 136 cm³/mol. The summed E-state index contributed by atoms with van der Waals surface area (Å²) in [6.45, 7) is 2.12. The highest BCUT2D eigenvalue weighted by molar-refractivity contribution is 6.31. The number of aromatic nitrogens is 5. The molecule has 0 atom stereocenters. The molecule has 0 fully saturated rings. The van der Waals surface area contributed by atoms with Crippen molar-refractivity contribution in [3.63, 3.8) is 0 Å². The van der Waals surface area contributed by atoms with Crippen LogP contribution in [-0.2, 0) is 6.54 Å². The van der Waals surface area contributed by atoms with Gasteiger partial charge in [0.15, 0.2) is 11.3 Å². The van der Waals surface area contributed by atoms with Gasteiger partial charge in [0.05, 0.1) is 23.3 Å². The van der Waals surface area contributed by atoms with Gasteiger partial charge in [0.1, 0.15) is 16.7 Å². The Bertz CT molecular complexity index is 1810. The monoisotopic (exact) mass is 485 g/mol. The van der Waals surface area contributed by atoms with Crippen molar-refractivity contribution >= 4 is 56.4 Å². The van der Waals surface area contributed by atoms with E-state index in [9.17, 15) is 4.79 Å². The van der Waals surface area contributed by atoms with Crippen molar-refractivity contribution in [2.75, 3.05) is 0 Å². The second-order valence-electron chi connectivity index (χ2n) is 8.04. The van der Waals surface area contributed by atoms with Crippen LogP contribution in [-0.4, -0.2) is 24.1 Å². The van der Waals surface area contributed by atoms with Gasteiger partial charge in [0, 0.05) is 10.0 Å². The van der Waals surface area contributed by atoms with Gasteiger partial charge in [-0.1, -0.05) is 59.6 Å². The van der Waals surface area contributed by atoms with Crippen LogP contribution in [0.2, 0.25) is 10.0 Å². The van der Waals surface area contributed by atoms with Gasteiger partial charge >= 0.3 is 0 Å². The Morgan fingerprint density at radius 2 is 1.56 bits per heavy atom. The molecule has 6 rings (SSSR count). The highest BCUT2D eigenvalue weighted by atomic mass is 35.5. The summed E-state index contributed by atoms with van der Waals surface area (Å²) in [4.78, 5) is 28.5. The molecule has 8 heteroatoms. The lowest BCUT2D eigenvalue weighted by atomic mass is 10.2. The Hall–Kier alpha value is -3.74. The zero-order chi connectivity index (χ0) is 23.4. The molecule has 166 valence electrons. The number of nitrogens with zero attached hydrogens (tertiary/aromatic N) is 5. The summed E-state index contributed by atoms with van der Waals surface area (Å²) in [6.07, 6.45) is 0. The SMILES string of the molecule is Cc1nc2c(c(=O)n1Cc1ccccc1Cl)c1nc3ccccc3nc1n2-c1cccc(Cl)c1. The van der Waals surface area contributed by atoms with Crippen molar-refractivity contribution in [1.82, 2.24) is 24.1 Å². The third-order valence-corrected chi connectivity index (χ3v) is 6.51. The third-order valence-electron chi connectivity index (χ3n) is 5.91. The van der Waals surface area contributed by atoms with Crippen LogP contribution >= 0.6 is 23.2 Å². The zero-order valence-corrected chi connectivity index (χ0v) is 19.5. The van der Waals surface area contributed by atoms with Gasteiger partial charge in [0.2, 0.25) is 0 Å². The van der Waals surface area contributed by atoms with Crippen LogP contribution in [0.25, 0.3) is 38.9 Å². The molecule has 0 aliphatic rings. The van der Waals surface area contributed by atoms with E-state index in [0.29, 0.717) is 50.1 Å². The molecule has 6 nitrogen and oxygen atoms in total. The van der Waals surface area contributed by atoms with Crippen molar-refractivity contribution in [3.05, 3.63) is 105 Å². The van der Waals surface area contributed by atoms with Crippen LogP contribution in [0.5, 0.6) is 0 Å². The van der Waals surface area contributed by atoms with Crippen molar-refractivity contribution in [2.45, 2.75) is 13.5 Å². The van der Waals surface area contributed by atoms with Gasteiger partial charge < -0.3 is 0 Å². The topological polar surface area (TPSA) is 65.6 Å². The molecule has 0 aliphatic carbocycles. The minimum Gasteiger partial charge on any atom is -0.292 e. The molecule has 0 spiro atoms. The van der Waals surface area contributed by atoms with Crippen molar-refractivity contribution in [2.24, 2.45) is 0 Å². The van der Waals surface area contributed by atoms with E-state index in [1.807, 2.05) is 78.2 Å². The number of aryl methyl sites for hydroxylation is 1. The number of hydrogen-bond donors (Lipinski definition) is 0. The summed E-state index contributed by atoms with van der Waals surface area (Å²) in [5.41, 5.74) is 4.38. The van der Waals surface area contributed by atoms with E-state index in [-0.39, 0.29) is 5.56 Å². The van der Waals surface area contributed by atoms with E-state index in [4.69, 9.17) is 38.2 Å². The number of fused-ring (bicyclic) bond motifs is 4. The molecule has 34 heavy (non-hydrogen) atoms. The summed E-state index contributed by atoms with van der Waals surface area (Å²) in [5, 5.41) is 1.58. The molecular weight excluding hydrogens is 469 g/mol. The lowest BCUT2D eigenvalue weighted by Gasteiger charge is -2.12. The Kier molecular flexibility index (Phi) is 4.86. The summed E-state index contributed by atoms with van der Waals surface area (Å²) in [5.74, 6) is 0.563. The molecule has 0 aliphatic heterocycles. The van der Waals surface area contributed by atoms with Gasteiger partial charge in [-0.2, -0.15) is 0 Å². The minimum atomic E-state index is -0.197. The molecular formula is C26H17Cl2N5O. The number of benzene rings is 3. The van der Waals surface area contributed by atoms with E-state index >= 15 is 0 Å². The van der Waals surface area contributed by atoms with E-state index in [2.05, 4.69) is 0 Å². The fraction of sp³-hybridized carbons (Fsp3) is 0.0769. The Morgan fingerprint density at radius 3 is 2.32 bits per heavy atom. The average molecular weight is 486 g/mol. The summed E-state index contributed by atoms with van der Waals surface area (Å²) >= 11 is 12.7. The highest BCUT2D eigenvalue weighted by Gasteiger charge is 2.22. The maximum Gasteiger partial charge on any atom is 0.265 e. The predicted octanol–water partition coefficient (Wildman–Crippen LogP) is 5.95. The molecule has 0 N–H and O–H groups in total. The van der Waals surface area contributed by atoms with Crippen LogP contribution in [0.3, 0.4) is 0 Å². The second-order valence-corrected chi connectivity index (χ2v) is 8.88. The van der Waals surface area contributed by atoms with Crippen LogP contribution < -0.4 is 5.56 Å². The normalized spacial score (nSPS) is 11.6. The minimum absolute atomic E-state index is 0.197. The number of halogens is 2. The molecule has 3 aromatic carbocycles. The number of hydrogen-bond acceptors (Lipinski definition) is 4. The van der Waals surface area contributed by atoms with Crippen LogP contribution in [0.15, 0.2) is 77.6 Å². The Morgan fingerprint density at radius 1 is 0.824 bits per heavy atom. The first kappa shape index (κ1) is 20.8. The van der Waals surface area contributed by atoms with E-state index in [1.54, 1.807) is 10.6 Å². The maximum absolute atomic E-state index is 13.9. The van der Waals surface area contributed by atoms with Crippen molar-refractivity contribution in [1.29, 1.82) is 0 Å².